The van der Waals surface area contributed by atoms with Crippen molar-refractivity contribution in [3.63, 3.8) is 0 Å². The second-order valence-electron chi connectivity index (χ2n) is 6.51. The second-order valence-corrected chi connectivity index (χ2v) is 8.49. The molecule has 2 aromatic carbocycles. The standard InChI is InChI=1S/C20H22N2O5S/c1-14(13-26-16-7-5-4-6-8-16)20-21-19(22-27-20)12-15-9-10-18(28(3,23)24)17(11-15)25-2/h4-11,14H,12-13H2,1-3H3. The van der Waals surface area contributed by atoms with Crippen molar-refractivity contribution in [2.75, 3.05) is 20.0 Å². The van der Waals surface area contributed by atoms with Crippen LogP contribution in [0.1, 0.15) is 30.1 Å². The first-order chi connectivity index (χ1) is 13.4. The van der Waals surface area contributed by atoms with Gasteiger partial charge in [0.2, 0.25) is 5.89 Å². The minimum atomic E-state index is -3.36. The first-order valence-electron chi connectivity index (χ1n) is 8.74. The highest BCUT2D eigenvalue weighted by atomic mass is 32.2. The van der Waals surface area contributed by atoms with Crippen LogP contribution >= 0.6 is 0 Å². The molecule has 1 heterocycles. The van der Waals surface area contributed by atoms with E-state index in [4.69, 9.17) is 14.0 Å². The Balaban J connectivity index is 1.67. The summed E-state index contributed by atoms with van der Waals surface area (Å²) in [6.45, 7) is 2.37. The van der Waals surface area contributed by atoms with Crippen LogP contribution in [0, 0.1) is 0 Å². The topological polar surface area (TPSA) is 91.5 Å². The number of ether oxygens (including phenoxy) is 2. The highest BCUT2D eigenvalue weighted by molar-refractivity contribution is 7.90. The van der Waals surface area contributed by atoms with E-state index in [0.717, 1.165) is 17.6 Å². The summed E-state index contributed by atoms with van der Waals surface area (Å²) in [5, 5.41) is 4.01. The molecule has 0 N–H and O–H groups in total. The molecule has 148 valence electrons. The Kier molecular flexibility index (Phi) is 5.99. The van der Waals surface area contributed by atoms with Gasteiger partial charge in [0.1, 0.15) is 16.4 Å². The fourth-order valence-electron chi connectivity index (χ4n) is 2.66. The molecule has 3 rings (SSSR count). The van der Waals surface area contributed by atoms with Crippen molar-refractivity contribution in [3.05, 3.63) is 65.8 Å². The summed E-state index contributed by atoms with van der Waals surface area (Å²) >= 11 is 0. The molecule has 0 aliphatic heterocycles. The third-order valence-electron chi connectivity index (χ3n) is 4.14. The minimum Gasteiger partial charge on any atom is -0.495 e. The molecule has 0 radical (unpaired) electrons. The normalized spacial score (nSPS) is 12.5. The molecule has 0 bridgehead atoms. The van der Waals surface area contributed by atoms with E-state index in [0.29, 0.717) is 30.5 Å². The van der Waals surface area contributed by atoms with E-state index in [1.165, 1.54) is 13.2 Å². The van der Waals surface area contributed by atoms with Gasteiger partial charge >= 0.3 is 0 Å². The molecular weight excluding hydrogens is 380 g/mol. The van der Waals surface area contributed by atoms with Crippen molar-refractivity contribution in [3.8, 4) is 11.5 Å². The van der Waals surface area contributed by atoms with Crippen molar-refractivity contribution in [1.82, 2.24) is 10.1 Å². The number of nitrogens with zero attached hydrogens (tertiary/aromatic N) is 2. The predicted octanol–water partition coefficient (Wildman–Crippen LogP) is 3.26. The van der Waals surface area contributed by atoms with Crippen LogP contribution in [-0.2, 0) is 16.3 Å². The van der Waals surface area contributed by atoms with E-state index in [1.807, 2.05) is 37.3 Å². The molecule has 1 atom stereocenters. The van der Waals surface area contributed by atoms with Gasteiger partial charge in [-0.25, -0.2) is 8.42 Å². The molecule has 0 aliphatic rings. The van der Waals surface area contributed by atoms with E-state index < -0.39 is 9.84 Å². The molecule has 7 nitrogen and oxygen atoms in total. The molecule has 8 heteroatoms. The molecular formula is C20H22N2O5S. The van der Waals surface area contributed by atoms with Gasteiger partial charge in [0, 0.05) is 12.7 Å². The maximum atomic E-state index is 11.8. The van der Waals surface area contributed by atoms with E-state index in [9.17, 15) is 8.42 Å². The zero-order valence-electron chi connectivity index (χ0n) is 16.0. The van der Waals surface area contributed by atoms with Gasteiger partial charge in [0.25, 0.3) is 0 Å². The van der Waals surface area contributed by atoms with E-state index in [2.05, 4.69) is 10.1 Å². The summed E-state index contributed by atoms with van der Waals surface area (Å²) in [4.78, 5) is 4.58. The Labute approximate surface area is 164 Å². The summed E-state index contributed by atoms with van der Waals surface area (Å²) in [7, 11) is -1.92. The molecule has 0 spiro atoms. The molecule has 0 aliphatic carbocycles. The van der Waals surface area contributed by atoms with Crippen LogP contribution < -0.4 is 9.47 Å². The van der Waals surface area contributed by atoms with Crippen LogP contribution in [0.4, 0.5) is 0 Å². The average molecular weight is 402 g/mol. The first-order valence-corrected chi connectivity index (χ1v) is 10.6. The lowest BCUT2D eigenvalue weighted by Gasteiger charge is -2.09. The van der Waals surface area contributed by atoms with Gasteiger partial charge in [-0.1, -0.05) is 36.3 Å². The van der Waals surface area contributed by atoms with Gasteiger partial charge < -0.3 is 14.0 Å². The number of para-hydroxylation sites is 1. The molecule has 3 aromatic rings. The summed E-state index contributed by atoms with van der Waals surface area (Å²) in [5.41, 5.74) is 0.824. The Bertz CT molecular complexity index is 1030. The molecule has 0 amide bonds. The fraction of sp³-hybridized carbons (Fsp3) is 0.300. The number of sulfone groups is 1. The molecule has 0 fully saturated rings. The third kappa shape index (κ3) is 4.89. The lowest BCUT2D eigenvalue weighted by Crippen LogP contribution is -2.07. The Morgan fingerprint density at radius 2 is 1.89 bits per heavy atom. The molecule has 1 unspecified atom stereocenters. The fourth-order valence-corrected chi connectivity index (χ4v) is 3.48. The molecule has 1 aromatic heterocycles. The predicted molar refractivity (Wildman–Crippen MR) is 104 cm³/mol. The molecule has 0 saturated carbocycles. The van der Waals surface area contributed by atoms with Crippen LogP contribution in [-0.4, -0.2) is 38.5 Å². The average Bonchev–Trinajstić information content (AvgIpc) is 3.14. The number of aromatic nitrogens is 2. The zero-order chi connectivity index (χ0) is 20.1. The first kappa shape index (κ1) is 19.9. The zero-order valence-corrected chi connectivity index (χ0v) is 16.8. The number of benzene rings is 2. The lowest BCUT2D eigenvalue weighted by molar-refractivity contribution is 0.260. The Morgan fingerprint density at radius 1 is 1.14 bits per heavy atom. The quantitative estimate of drug-likeness (QED) is 0.571. The van der Waals surface area contributed by atoms with Gasteiger partial charge in [-0.3, -0.25) is 0 Å². The van der Waals surface area contributed by atoms with Gasteiger partial charge in [0.05, 0.1) is 19.6 Å². The summed E-state index contributed by atoms with van der Waals surface area (Å²) < 4.78 is 39.9. The highest BCUT2D eigenvalue weighted by Gasteiger charge is 2.18. The van der Waals surface area contributed by atoms with Gasteiger partial charge in [-0.15, -0.1) is 0 Å². The maximum Gasteiger partial charge on any atom is 0.232 e. The monoisotopic (exact) mass is 402 g/mol. The number of rotatable bonds is 8. The van der Waals surface area contributed by atoms with Crippen molar-refractivity contribution < 1.29 is 22.4 Å². The molecule has 28 heavy (non-hydrogen) atoms. The summed E-state index contributed by atoms with van der Waals surface area (Å²) in [6.07, 6.45) is 1.55. The minimum absolute atomic E-state index is 0.0661. The van der Waals surface area contributed by atoms with Crippen LogP contribution in [0.5, 0.6) is 11.5 Å². The van der Waals surface area contributed by atoms with E-state index in [-0.39, 0.29) is 10.8 Å². The summed E-state index contributed by atoms with van der Waals surface area (Å²) in [6, 6.07) is 14.4. The number of hydrogen-bond donors (Lipinski definition) is 0. The lowest BCUT2D eigenvalue weighted by atomic mass is 10.1. The van der Waals surface area contributed by atoms with E-state index in [1.54, 1.807) is 12.1 Å². The van der Waals surface area contributed by atoms with Gasteiger partial charge in [-0.05, 0) is 29.8 Å². The third-order valence-corrected chi connectivity index (χ3v) is 5.27. The second kappa shape index (κ2) is 8.43. The SMILES string of the molecule is COc1cc(Cc2noc(C(C)COc3ccccc3)n2)ccc1S(C)(=O)=O. The largest absolute Gasteiger partial charge is 0.495 e. The van der Waals surface area contributed by atoms with Crippen molar-refractivity contribution in [2.24, 2.45) is 0 Å². The number of methoxy groups -OCH3 is 1. The van der Waals surface area contributed by atoms with Crippen LogP contribution in [0.3, 0.4) is 0 Å². The van der Waals surface area contributed by atoms with Crippen molar-refractivity contribution in [2.45, 2.75) is 24.2 Å². The van der Waals surface area contributed by atoms with Gasteiger partial charge in [-0.2, -0.15) is 4.98 Å². The summed E-state index contributed by atoms with van der Waals surface area (Å²) in [5.74, 6) is 2.02. The van der Waals surface area contributed by atoms with Crippen molar-refractivity contribution in [1.29, 1.82) is 0 Å². The smallest absolute Gasteiger partial charge is 0.232 e. The van der Waals surface area contributed by atoms with Gasteiger partial charge in [0.15, 0.2) is 15.7 Å². The van der Waals surface area contributed by atoms with Crippen LogP contribution in [0.2, 0.25) is 0 Å². The maximum absolute atomic E-state index is 11.8. The highest BCUT2D eigenvalue weighted by Crippen LogP contribution is 2.26. The van der Waals surface area contributed by atoms with Crippen LogP contribution in [0.25, 0.3) is 0 Å². The Hall–Kier alpha value is -2.87. The number of hydrogen-bond acceptors (Lipinski definition) is 7. The van der Waals surface area contributed by atoms with Crippen LogP contribution in [0.15, 0.2) is 57.9 Å². The van der Waals surface area contributed by atoms with Crippen molar-refractivity contribution >= 4 is 9.84 Å². The molecule has 0 saturated heterocycles. The van der Waals surface area contributed by atoms with E-state index >= 15 is 0 Å². The Morgan fingerprint density at radius 3 is 2.57 bits per heavy atom.